The van der Waals surface area contributed by atoms with Gasteiger partial charge in [-0.05, 0) is 61.5 Å². The highest BCUT2D eigenvalue weighted by atomic mass is 16.3. The number of fused-ring (bicyclic) bond motifs is 2. The number of nitrogens with two attached hydrogens (primary N) is 1. The molecule has 5 nitrogen and oxygen atoms in total. The van der Waals surface area contributed by atoms with Crippen LogP contribution in [0.4, 0.5) is 0 Å². The molecule has 0 amide bonds. The van der Waals surface area contributed by atoms with Crippen LogP contribution in [0.15, 0.2) is 65.1 Å². The van der Waals surface area contributed by atoms with Gasteiger partial charge in [-0.3, -0.25) is 4.68 Å². The van der Waals surface area contributed by atoms with Crippen LogP contribution in [-0.4, -0.2) is 20.1 Å². The predicted octanol–water partition coefficient (Wildman–Crippen LogP) is 4.20. The molecular weight excluding hydrogens is 360 g/mol. The predicted molar refractivity (Wildman–Crippen MR) is 115 cm³/mol. The van der Waals surface area contributed by atoms with Gasteiger partial charge in [0.25, 0.3) is 0 Å². The molecule has 0 saturated carbocycles. The highest BCUT2D eigenvalue weighted by Crippen LogP contribution is 2.43. The van der Waals surface area contributed by atoms with Gasteiger partial charge in [-0.25, -0.2) is 0 Å². The molecule has 3 aliphatic rings. The smallest absolute Gasteiger partial charge is 0.108 e. The molecule has 0 saturated heterocycles. The molecule has 3 unspecified atom stereocenters. The molecule has 3 atom stereocenters. The van der Waals surface area contributed by atoms with Crippen LogP contribution in [0.2, 0.25) is 0 Å². The molecule has 0 radical (unpaired) electrons. The van der Waals surface area contributed by atoms with E-state index in [0.717, 1.165) is 44.3 Å². The quantitative estimate of drug-likeness (QED) is 0.539. The van der Waals surface area contributed by atoms with Crippen molar-refractivity contribution in [3.63, 3.8) is 0 Å². The molecule has 1 aromatic rings. The molecule has 154 valence electrons. The molecule has 0 aliphatic heterocycles. The molecule has 1 heterocycles. The Balaban J connectivity index is 1.33. The summed E-state index contributed by atoms with van der Waals surface area (Å²) in [6.07, 6.45) is 22.2. The molecule has 0 fully saturated rings. The molecular formula is C24H32N4O. The van der Waals surface area contributed by atoms with E-state index in [1.54, 1.807) is 5.57 Å². The Hall–Kier alpha value is -2.40. The number of hydrogen-bond acceptors (Lipinski definition) is 4. The van der Waals surface area contributed by atoms with Crippen molar-refractivity contribution >= 4 is 0 Å². The number of nitrogens with zero attached hydrogens (tertiary/aromatic N) is 3. The first kappa shape index (κ1) is 19.9. The zero-order chi connectivity index (χ0) is 20.2. The first-order valence-electron chi connectivity index (χ1n) is 10.9. The summed E-state index contributed by atoms with van der Waals surface area (Å²) in [6, 6.07) is 0. The van der Waals surface area contributed by atoms with E-state index in [0.29, 0.717) is 23.4 Å². The Morgan fingerprint density at radius 3 is 3.00 bits per heavy atom. The van der Waals surface area contributed by atoms with Gasteiger partial charge in [-0.2, -0.15) is 0 Å². The van der Waals surface area contributed by atoms with Gasteiger partial charge in [0.2, 0.25) is 0 Å². The van der Waals surface area contributed by atoms with Crippen molar-refractivity contribution in [2.24, 2.45) is 23.5 Å². The Morgan fingerprint density at radius 1 is 1.31 bits per heavy atom. The summed E-state index contributed by atoms with van der Waals surface area (Å²) in [4.78, 5) is 0. The van der Waals surface area contributed by atoms with E-state index < -0.39 is 0 Å². The number of unbranched alkanes of at least 4 members (excludes halogenated alkanes) is 1. The van der Waals surface area contributed by atoms with E-state index in [4.69, 9.17) is 10.8 Å². The van der Waals surface area contributed by atoms with Crippen molar-refractivity contribution in [2.45, 2.75) is 58.6 Å². The van der Waals surface area contributed by atoms with Gasteiger partial charge in [0.05, 0.1) is 12.8 Å². The lowest BCUT2D eigenvalue weighted by Crippen LogP contribution is -2.25. The molecule has 4 rings (SSSR count). The van der Waals surface area contributed by atoms with Crippen molar-refractivity contribution in [1.82, 2.24) is 15.0 Å². The summed E-state index contributed by atoms with van der Waals surface area (Å²) < 4.78 is 1.83. The minimum absolute atomic E-state index is 0.0460. The highest BCUT2D eigenvalue weighted by Gasteiger charge is 2.30. The second-order valence-electron chi connectivity index (χ2n) is 8.61. The fraction of sp³-hybridized carbons (Fsp3) is 0.500. The van der Waals surface area contributed by atoms with E-state index in [9.17, 15) is 0 Å². The van der Waals surface area contributed by atoms with Gasteiger partial charge < -0.3 is 10.8 Å². The van der Waals surface area contributed by atoms with Crippen molar-refractivity contribution in [3.8, 4) is 0 Å². The standard InChI is InChI=1S/C24H32N4O/c1-17-6-2-3-8-22(17)24(25)23-10-9-19-12-18(13-20(23)14-19)7-4-5-11-28-15-21(16-29)26-27-28/h2-3,6,8,10,12,15,17,19-20,29H,4-5,7,9,11,13-14,16,25H2,1H3/b24-22+. The van der Waals surface area contributed by atoms with Crippen LogP contribution < -0.4 is 5.73 Å². The fourth-order valence-corrected chi connectivity index (χ4v) is 4.89. The minimum Gasteiger partial charge on any atom is -0.398 e. The summed E-state index contributed by atoms with van der Waals surface area (Å²) in [5.41, 5.74) is 12.6. The van der Waals surface area contributed by atoms with E-state index in [1.807, 2.05) is 10.9 Å². The van der Waals surface area contributed by atoms with Crippen LogP contribution in [0, 0.1) is 17.8 Å². The SMILES string of the molecule is CC1C=CC=C/C1=C(\N)C1=CCC2C=C(CCCCn3cc(CO)nn3)CC1C2. The summed E-state index contributed by atoms with van der Waals surface area (Å²) in [5.74, 6) is 1.63. The summed E-state index contributed by atoms with van der Waals surface area (Å²) in [5, 5.41) is 17.1. The Bertz CT molecular complexity index is 886. The van der Waals surface area contributed by atoms with Crippen LogP contribution >= 0.6 is 0 Å². The summed E-state index contributed by atoms with van der Waals surface area (Å²) in [6.45, 7) is 3.03. The first-order valence-corrected chi connectivity index (χ1v) is 10.9. The lowest BCUT2D eigenvalue weighted by molar-refractivity contribution is 0.276. The van der Waals surface area contributed by atoms with Crippen LogP contribution in [0.1, 0.15) is 51.1 Å². The molecule has 0 aromatic carbocycles. The van der Waals surface area contributed by atoms with E-state index >= 15 is 0 Å². The third-order valence-corrected chi connectivity index (χ3v) is 6.43. The average Bonchev–Trinajstić information content (AvgIpc) is 3.19. The number of allylic oxidation sites excluding steroid dienone is 9. The van der Waals surface area contributed by atoms with Crippen molar-refractivity contribution in [3.05, 3.63) is 70.8 Å². The van der Waals surface area contributed by atoms with Crippen LogP contribution in [0.25, 0.3) is 0 Å². The minimum atomic E-state index is -0.0460. The molecule has 2 bridgehead atoms. The van der Waals surface area contributed by atoms with Gasteiger partial charge in [-0.15, -0.1) is 5.10 Å². The zero-order valence-electron chi connectivity index (χ0n) is 17.3. The largest absolute Gasteiger partial charge is 0.398 e. The number of aryl methyl sites for hydroxylation is 1. The van der Waals surface area contributed by atoms with Crippen molar-refractivity contribution in [1.29, 1.82) is 0 Å². The van der Waals surface area contributed by atoms with Gasteiger partial charge in [0.15, 0.2) is 0 Å². The highest BCUT2D eigenvalue weighted by molar-refractivity contribution is 5.46. The van der Waals surface area contributed by atoms with Gasteiger partial charge >= 0.3 is 0 Å². The Labute approximate surface area is 173 Å². The molecule has 3 N–H and O–H groups in total. The normalized spacial score (nSPS) is 27.6. The third kappa shape index (κ3) is 4.61. The monoisotopic (exact) mass is 392 g/mol. The van der Waals surface area contributed by atoms with E-state index in [-0.39, 0.29) is 6.61 Å². The molecule has 1 aromatic heterocycles. The lowest BCUT2D eigenvalue weighted by atomic mass is 9.70. The number of rotatable bonds is 7. The number of hydrogen-bond donors (Lipinski definition) is 2. The number of aromatic nitrogens is 3. The fourth-order valence-electron chi connectivity index (χ4n) is 4.89. The zero-order valence-corrected chi connectivity index (χ0v) is 17.3. The molecule has 5 heteroatoms. The van der Waals surface area contributed by atoms with E-state index in [1.165, 1.54) is 17.6 Å². The second-order valence-corrected chi connectivity index (χ2v) is 8.61. The van der Waals surface area contributed by atoms with Crippen molar-refractivity contribution in [2.75, 3.05) is 0 Å². The summed E-state index contributed by atoms with van der Waals surface area (Å²) >= 11 is 0. The van der Waals surface area contributed by atoms with Crippen LogP contribution in [0.5, 0.6) is 0 Å². The molecule has 3 aliphatic carbocycles. The first-order chi connectivity index (χ1) is 14.1. The molecule has 0 spiro atoms. The van der Waals surface area contributed by atoms with Gasteiger partial charge in [0, 0.05) is 18.2 Å². The van der Waals surface area contributed by atoms with E-state index in [2.05, 4.69) is 53.7 Å². The lowest BCUT2D eigenvalue weighted by Gasteiger charge is -2.35. The van der Waals surface area contributed by atoms with Crippen LogP contribution in [-0.2, 0) is 13.2 Å². The maximum absolute atomic E-state index is 9.08. The van der Waals surface area contributed by atoms with Gasteiger partial charge in [0.1, 0.15) is 5.69 Å². The average molecular weight is 393 g/mol. The number of aliphatic hydroxyl groups is 1. The maximum atomic E-state index is 9.08. The Morgan fingerprint density at radius 2 is 2.21 bits per heavy atom. The van der Waals surface area contributed by atoms with Crippen LogP contribution in [0.3, 0.4) is 0 Å². The number of aliphatic hydroxyl groups excluding tert-OH is 1. The topological polar surface area (TPSA) is 77.0 Å². The molecule has 29 heavy (non-hydrogen) atoms. The second kappa shape index (κ2) is 8.95. The summed E-state index contributed by atoms with van der Waals surface area (Å²) in [7, 11) is 0. The van der Waals surface area contributed by atoms with Gasteiger partial charge in [-0.1, -0.05) is 54.2 Å². The third-order valence-electron chi connectivity index (χ3n) is 6.43. The maximum Gasteiger partial charge on any atom is 0.108 e. The van der Waals surface area contributed by atoms with Crippen molar-refractivity contribution < 1.29 is 5.11 Å². The Kier molecular flexibility index (Phi) is 6.14.